The van der Waals surface area contributed by atoms with Crippen LogP contribution >= 0.6 is 0 Å². The van der Waals surface area contributed by atoms with Crippen molar-refractivity contribution in [3.8, 4) is 17.2 Å². The minimum absolute atomic E-state index is 0.120. The Hall–Kier alpha value is -4.64. The molecule has 2 aromatic carbocycles. The molecule has 0 radical (unpaired) electrons. The number of esters is 1. The van der Waals surface area contributed by atoms with E-state index in [0.29, 0.717) is 41.8 Å². The van der Waals surface area contributed by atoms with Crippen LogP contribution in [-0.2, 0) is 20.8 Å². The average Bonchev–Trinajstić information content (AvgIpc) is 3.06. The summed E-state index contributed by atoms with van der Waals surface area (Å²) in [6.45, 7) is 9.17. The highest BCUT2D eigenvalue weighted by atomic mass is 16.6. The Balaban J connectivity index is 1.26. The van der Waals surface area contributed by atoms with Crippen molar-refractivity contribution in [2.75, 3.05) is 54.0 Å². The summed E-state index contributed by atoms with van der Waals surface area (Å²) in [5, 5.41) is 0. The van der Waals surface area contributed by atoms with Crippen molar-refractivity contribution in [3.05, 3.63) is 83.7 Å². The maximum atomic E-state index is 13.4. The Bertz CT molecular complexity index is 1500. The lowest BCUT2D eigenvalue weighted by Crippen LogP contribution is -2.41. The number of hydrogen-bond donors (Lipinski definition) is 0. The number of carbonyl (C=O) groups excluding carboxylic acids is 3. The fourth-order valence-electron chi connectivity index (χ4n) is 5.19. The third kappa shape index (κ3) is 11.0. The van der Waals surface area contributed by atoms with Crippen LogP contribution in [-0.4, -0.2) is 97.2 Å². The first kappa shape index (κ1) is 35.2. The van der Waals surface area contributed by atoms with Crippen molar-refractivity contribution < 1.29 is 33.3 Å². The largest absolute Gasteiger partial charge is 0.482 e. The molecule has 11 heteroatoms. The lowest BCUT2D eigenvalue weighted by Gasteiger charge is -2.33. The zero-order valence-electron chi connectivity index (χ0n) is 28.2. The van der Waals surface area contributed by atoms with E-state index in [-0.39, 0.29) is 18.6 Å². The van der Waals surface area contributed by atoms with E-state index in [4.69, 9.17) is 14.2 Å². The smallest absolute Gasteiger partial charge is 0.410 e. The van der Waals surface area contributed by atoms with Crippen LogP contribution < -0.4 is 9.47 Å². The van der Waals surface area contributed by atoms with Gasteiger partial charge < -0.3 is 33.6 Å². The fraction of sp³-hybridized carbons (Fsp3) is 0.444. The quantitative estimate of drug-likeness (QED) is 0.227. The van der Waals surface area contributed by atoms with Crippen molar-refractivity contribution in [2.24, 2.45) is 0 Å². The predicted octanol–water partition coefficient (Wildman–Crippen LogP) is 5.74. The number of likely N-dealkylation sites (N-methyl/N-ethyl adjacent to an activating group) is 1. The Morgan fingerprint density at radius 3 is 2.30 bits per heavy atom. The van der Waals surface area contributed by atoms with Gasteiger partial charge in [-0.3, -0.25) is 9.78 Å². The highest BCUT2D eigenvalue weighted by Gasteiger charge is 2.24. The van der Waals surface area contributed by atoms with Crippen molar-refractivity contribution in [3.63, 3.8) is 0 Å². The molecule has 0 unspecified atom stereocenters. The van der Waals surface area contributed by atoms with Crippen LogP contribution in [0.25, 0.3) is 0 Å². The van der Waals surface area contributed by atoms with Crippen molar-refractivity contribution in [1.82, 2.24) is 19.7 Å². The second-order valence-corrected chi connectivity index (χ2v) is 12.7. The Kier molecular flexibility index (Phi) is 12.2. The lowest BCUT2D eigenvalue weighted by atomic mass is 9.92. The van der Waals surface area contributed by atoms with Gasteiger partial charge in [-0.15, -0.1) is 0 Å². The molecule has 1 aromatic heterocycles. The highest BCUT2D eigenvalue weighted by molar-refractivity contribution is 5.94. The minimum Gasteiger partial charge on any atom is -0.482 e. The topological polar surface area (TPSA) is 111 Å². The maximum absolute atomic E-state index is 13.4. The number of aromatic nitrogens is 1. The first-order chi connectivity index (χ1) is 22.4. The molecule has 0 saturated carbocycles. The molecular formula is C36H46N4O7. The van der Waals surface area contributed by atoms with Gasteiger partial charge in [-0.2, -0.15) is 0 Å². The Morgan fingerprint density at radius 1 is 0.915 bits per heavy atom. The number of nitrogens with zero attached hydrogens (tertiary/aromatic N) is 4. The van der Waals surface area contributed by atoms with E-state index < -0.39 is 11.6 Å². The monoisotopic (exact) mass is 646 g/mol. The lowest BCUT2D eigenvalue weighted by molar-refractivity contribution is -0.142. The van der Waals surface area contributed by atoms with Crippen molar-refractivity contribution >= 4 is 18.0 Å². The molecule has 0 N–H and O–H groups in total. The van der Waals surface area contributed by atoms with Gasteiger partial charge >= 0.3 is 12.1 Å². The number of rotatable bonds is 12. The third-order valence-electron chi connectivity index (χ3n) is 7.80. The number of piperidine rings is 1. The molecule has 1 aliphatic rings. The standard InChI is InChI=1S/C36H46N4O7/c1-36(2,3)47-35(43)38(4)20-21-40-18-15-27(16-19-40)32-22-26(14-17-37-32)24-39(5)34(42)28-8-7-9-31(23-28)46-30-12-10-29(11-13-30)45-25-33(41)44-6/h7-14,17,22-23,27H,15-16,18-21,24-25H2,1-6H3. The van der Waals surface area contributed by atoms with Crippen LogP contribution in [0.4, 0.5) is 4.79 Å². The molecule has 1 saturated heterocycles. The molecule has 0 spiro atoms. The zero-order chi connectivity index (χ0) is 34.0. The Morgan fingerprint density at radius 2 is 1.62 bits per heavy atom. The van der Waals surface area contributed by atoms with E-state index >= 15 is 0 Å². The van der Waals surface area contributed by atoms with Crippen LogP contribution in [0.2, 0.25) is 0 Å². The van der Waals surface area contributed by atoms with E-state index in [1.807, 2.05) is 33.0 Å². The average molecular weight is 647 g/mol. The van der Waals surface area contributed by atoms with Gasteiger partial charge in [0.15, 0.2) is 6.61 Å². The van der Waals surface area contributed by atoms with Crippen LogP contribution in [0.5, 0.6) is 17.2 Å². The second kappa shape index (κ2) is 16.3. The van der Waals surface area contributed by atoms with Gasteiger partial charge in [-0.1, -0.05) is 6.07 Å². The summed E-state index contributed by atoms with van der Waals surface area (Å²) in [6.07, 6.45) is 3.49. The molecule has 1 fully saturated rings. The number of carbonyl (C=O) groups is 3. The molecule has 1 aliphatic heterocycles. The number of benzene rings is 2. The number of ether oxygens (including phenoxy) is 4. The van der Waals surface area contributed by atoms with E-state index in [1.54, 1.807) is 72.4 Å². The van der Waals surface area contributed by atoms with Crippen LogP contribution in [0.3, 0.4) is 0 Å². The zero-order valence-corrected chi connectivity index (χ0v) is 28.2. The summed E-state index contributed by atoms with van der Waals surface area (Å²) < 4.78 is 21.4. The first-order valence-corrected chi connectivity index (χ1v) is 15.8. The van der Waals surface area contributed by atoms with Gasteiger partial charge in [0, 0.05) is 57.1 Å². The molecule has 2 heterocycles. The molecule has 4 rings (SSSR count). The molecule has 47 heavy (non-hydrogen) atoms. The van der Waals surface area contributed by atoms with Gasteiger partial charge in [-0.05, 0) is 107 Å². The van der Waals surface area contributed by atoms with Gasteiger partial charge in [0.05, 0.1) is 7.11 Å². The van der Waals surface area contributed by atoms with Crippen LogP contribution in [0, 0.1) is 0 Å². The number of methoxy groups -OCH3 is 1. The SMILES string of the molecule is COC(=O)COc1ccc(Oc2cccc(C(=O)N(C)Cc3ccnc(C4CCN(CCN(C)C(=O)OC(C)(C)C)CC4)c3)c2)cc1. The van der Waals surface area contributed by atoms with E-state index in [9.17, 15) is 14.4 Å². The number of hydrogen-bond acceptors (Lipinski definition) is 9. The molecule has 0 bridgehead atoms. The molecule has 11 nitrogen and oxygen atoms in total. The number of amides is 2. The summed E-state index contributed by atoms with van der Waals surface area (Å²) in [7, 11) is 4.87. The highest BCUT2D eigenvalue weighted by Crippen LogP contribution is 2.28. The minimum atomic E-state index is -0.505. The number of likely N-dealkylation sites (tertiary alicyclic amines) is 1. The molecular weight excluding hydrogens is 600 g/mol. The molecule has 0 aliphatic carbocycles. The van der Waals surface area contributed by atoms with E-state index in [2.05, 4.69) is 20.7 Å². The molecule has 252 valence electrons. The Labute approximate surface area is 277 Å². The number of pyridine rings is 1. The normalized spacial score (nSPS) is 13.8. The van der Waals surface area contributed by atoms with Crippen molar-refractivity contribution in [1.29, 1.82) is 0 Å². The molecule has 2 amide bonds. The fourth-order valence-corrected chi connectivity index (χ4v) is 5.19. The summed E-state index contributed by atoms with van der Waals surface area (Å²) >= 11 is 0. The summed E-state index contributed by atoms with van der Waals surface area (Å²) in [5.41, 5.74) is 2.08. The van der Waals surface area contributed by atoms with Crippen LogP contribution in [0.15, 0.2) is 66.9 Å². The van der Waals surface area contributed by atoms with Gasteiger partial charge in [0.2, 0.25) is 0 Å². The maximum Gasteiger partial charge on any atom is 0.410 e. The predicted molar refractivity (Wildman–Crippen MR) is 178 cm³/mol. The summed E-state index contributed by atoms with van der Waals surface area (Å²) in [4.78, 5) is 47.3. The third-order valence-corrected chi connectivity index (χ3v) is 7.80. The van der Waals surface area contributed by atoms with Crippen LogP contribution in [0.1, 0.15) is 61.1 Å². The van der Waals surface area contributed by atoms with Crippen molar-refractivity contribution in [2.45, 2.75) is 51.7 Å². The van der Waals surface area contributed by atoms with Gasteiger partial charge in [-0.25, -0.2) is 9.59 Å². The molecule has 3 aromatic rings. The van der Waals surface area contributed by atoms with E-state index in [1.165, 1.54) is 7.11 Å². The summed E-state index contributed by atoms with van der Waals surface area (Å²) in [5.74, 6) is 1.37. The van der Waals surface area contributed by atoms with Gasteiger partial charge in [0.25, 0.3) is 5.91 Å². The molecule has 0 atom stereocenters. The van der Waals surface area contributed by atoms with E-state index in [0.717, 1.165) is 43.7 Å². The van der Waals surface area contributed by atoms with Gasteiger partial charge in [0.1, 0.15) is 22.8 Å². The first-order valence-electron chi connectivity index (χ1n) is 15.8. The summed E-state index contributed by atoms with van der Waals surface area (Å²) in [6, 6.07) is 18.0. The second-order valence-electron chi connectivity index (χ2n) is 12.7.